The fraction of sp³-hybridized carbons (Fsp3) is 0.273. The number of carbonyl (C=O) groups excluding carboxylic acids is 1. The number of carbonyl (C=O) groups is 2. The Bertz CT molecular complexity index is 542. The van der Waals surface area contributed by atoms with E-state index in [9.17, 15) is 22.8 Å². The first-order chi connectivity index (χ1) is 8.97. The minimum Gasteiger partial charge on any atom is -0.479 e. The topological polar surface area (TPSA) is 66.4 Å². The van der Waals surface area contributed by atoms with Crippen molar-refractivity contribution in [3.63, 3.8) is 0 Å². The third kappa shape index (κ3) is 3.51. The number of amides is 1. The van der Waals surface area contributed by atoms with Crippen LogP contribution in [0.5, 0.6) is 0 Å². The van der Waals surface area contributed by atoms with Crippen LogP contribution >= 0.6 is 31.9 Å². The van der Waals surface area contributed by atoms with E-state index in [0.717, 1.165) is 0 Å². The van der Waals surface area contributed by atoms with E-state index in [4.69, 9.17) is 5.11 Å². The number of nitrogens with one attached hydrogen (secondary N) is 1. The Balaban J connectivity index is 3.13. The zero-order valence-corrected chi connectivity index (χ0v) is 13.1. The van der Waals surface area contributed by atoms with Gasteiger partial charge in [-0.05, 0) is 25.1 Å². The van der Waals surface area contributed by atoms with Crippen LogP contribution in [0.2, 0.25) is 0 Å². The maximum absolute atomic E-state index is 12.8. The summed E-state index contributed by atoms with van der Waals surface area (Å²) in [5.74, 6) is -3.33. The van der Waals surface area contributed by atoms with E-state index in [2.05, 4.69) is 31.9 Å². The van der Waals surface area contributed by atoms with Crippen molar-refractivity contribution in [2.75, 3.05) is 0 Å². The summed E-state index contributed by atoms with van der Waals surface area (Å²) >= 11 is 6.16. The molecule has 1 rings (SSSR count). The Hall–Kier alpha value is -1.09. The highest BCUT2D eigenvalue weighted by Crippen LogP contribution is 2.31. The Morgan fingerprint density at radius 3 is 1.95 bits per heavy atom. The molecule has 110 valence electrons. The third-order valence-corrected chi connectivity index (χ3v) is 3.40. The van der Waals surface area contributed by atoms with Gasteiger partial charge in [-0.2, -0.15) is 13.2 Å². The average molecular weight is 419 g/mol. The molecule has 0 aliphatic heterocycles. The van der Waals surface area contributed by atoms with E-state index in [1.54, 1.807) is 6.07 Å². The van der Waals surface area contributed by atoms with Crippen molar-refractivity contribution in [1.29, 1.82) is 0 Å². The molecule has 1 atom stereocenters. The van der Waals surface area contributed by atoms with Gasteiger partial charge in [-0.1, -0.05) is 31.9 Å². The lowest BCUT2D eigenvalue weighted by Gasteiger charge is -2.28. The summed E-state index contributed by atoms with van der Waals surface area (Å²) in [6.45, 7) is 0.389. The first-order valence-electron chi connectivity index (χ1n) is 5.06. The van der Waals surface area contributed by atoms with E-state index >= 15 is 0 Å². The predicted molar refractivity (Wildman–Crippen MR) is 71.4 cm³/mol. The minimum atomic E-state index is -5.13. The fourth-order valence-electron chi connectivity index (χ4n) is 1.23. The zero-order chi connectivity index (χ0) is 15.7. The van der Waals surface area contributed by atoms with Gasteiger partial charge in [0, 0.05) is 14.5 Å². The van der Waals surface area contributed by atoms with Crippen LogP contribution in [0.4, 0.5) is 13.2 Å². The molecule has 0 radical (unpaired) electrons. The van der Waals surface area contributed by atoms with Gasteiger partial charge in [0.05, 0.1) is 0 Å². The smallest absolute Gasteiger partial charge is 0.422 e. The first kappa shape index (κ1) is 17.0. The van der Waals surface area contributed by atoms with Crippen LogP contribution in [0.15, 0.2) is 27.1 Å². The molecule has 0 saturated heterocycles. The molecule has 0 aliphatic rings. The molecule has 0 saturated carbocycles. The summed E-state index contributed by atoms with van der Waals surface area (Å²) in [6.07, 6.45) is -5.13. The highest BCUT2D eigenvalue weighted by atomic mass is 79.9. The van der Waals surface area contributed by atoms with Crippen LogP contribution in [0.1, 0.15) is 17.3 Å². The molecular weight excluding hydrogens is 411 g/mol. The quantitative estimate of drug-likeness (QED) is 0.791. The van der Waals surface area contributed by atoms with Gasteiger partial charge in [-0.15, -0.1) is 0 Å². The normalized spacial score (nSPS) is 14.5. The molecular formula is C11H8Br2F3NO3. The summed E-state index contributed by atoms with van der Waals surface area (Å²) in [4.78, 5) is 22.6. The number of alkyl halides is 3. The maximum atomic E-state index is 12.8. The van der Waals surface area contributed by atoms with Gasteiger partial charge in [0.25, 0.3) is 5.91 Å². The molecule has 1 amide bonds. The van der Waals surface area contributed by atoms with Crippen molar-refractivity contribution >= 4 is 43.7 Å². The molecule has 0 fully saturated rings. The fourth-order valence-corrected chi connectivity index (χ4v) is 2.52. The van der Waals surface area contributed by atoms with Crippen molar-refractivity contribution in [3.8, 4) is 0 Å². The molecule has 20 heavy (non-hydrogen) atoms. The summed E-state index contributed by atoms with van der Waals surface area (Å²) < 4.78 is 39.2. The highest BCUT2D eigenvalue weighted by Gasteiger charge is 2.58. The standard InChI is InChI=1S/C11H8Br2F3NO3/c1-10(9(19)20,11(14,15)16)17-8(18)5-2-6(12)4-7(13)3-5/h2-4H,1H3,(H,17,18)(H,19,20). The molecule has 4 nitrogen and oxygen atoms in total. The first-order valence-corrected chi connectivity index (χ1v) is 6.64. The number of halogens is 5. The molecule has 0 heterocycles. The number of carboxylic acids is 1. The molecule has 2 N–H and O–H groups in total. The number of hydrogen-bond acceptors (Lipinski definition) is 2. The largest absolute Gasteiger partial charge is 0.479 e. The van der Waals surface area contributed by atoms with Crippen LogP contribution in [-0.4, -0.2) is 28.7 Å². The van der Waals surface area contributed by atoms with Gasteiger partial charge >= 0.3 is 12.1 Å². The van der Waals surface area contributed by atoms with Gasteiger partial charge in [-0.3, -0.25) is 4.79 Å². The van der Waals surface area contributed by atoms with Crippen molar-refractivity contribution in [1.82, 2.24) is 5.32 Å². The summed E-state index contributed by atoms with van der Waals surface area (Å²) in [6, 6.07) is 4.13. The monoisotopic (exact) mass is 417 g/mol. The Labute approximate surface area is 128 Å². The lowest BCUT2D eigenvalue weighted by atomic mass is 10.0. The molecule has 1 unspecified atom stereocenters. The minimum absolute atomic E-state index is 0.108. The van der Waals surface area contributed by atoms with E-state index in [1.807, 2.05) is 0 Å². The van der Waals surface area contributed by atoms with Gasteiger partial charge in [0.1, 0.15) is 0 Å². The van der Waals surface area contributed by atoms with Crippen molar-refractivity contribution in [3.05, 3.63) is 32.7 Å². The Kier molecular flexibility index (Phi) is 4.86. The van der Waals surface area contributed by atoms with E-state index < -0.39 is 23.6 Å². The molecule has 1 aromatic rings. The van der Waals surface area contributed by atoms with E-state index in [-0.39, 0.29) is 5.56 Å². The van der Waals surface area contributed by atoms with Crippen molar-refractivity contribution < 1.29 is 27.9 Å². The molecule has 1 aromatic carbocycles. The van der Waals surface area contributed by atoms with Crippen LogP contribution in [-0.2, 0) is 4.79 Å². The lowest BCUT2D eigenvalue weighted by Crippen LogP contribution is -2.61. The van der Waals surface area contributed by atoms with Crippen LogP contribution in [0, 0.1) is 0 Å². The number of benzene rings is 1. The maximum Gasteiger partial charge on any atom is 0.422 e. The SMILES string of the molecule is CC(NC(=O)c1cc(Br)cc(Br)c1)(C(=O)O)C(F)(F)F. The number of aliphatic carboxylic acids is 1. The van der Waals surface area contributed by atoms with Crippen LogP contribution in [0.3, 0.4) is 0 Å². The number of rotatable bonds is 3. The molecule has 0 aliphatic carbocycles. The third-order valence-electron chi connectivity index (χ3n) is 2.48. The van der Waals surface area contributed by atoms with E-state index in [0.29, 0.717) is 15.9 Å². The molecule has 9 heteroatoms. The van der Waals surface area contributed by atoms with Gasteiger partial charge in [0.2, 0.25) is 5.54 Å². The van der Waals surface area contributed by atoms with Gasteiger partial charge < -0.3 is 10.4 Å². The molecule has 0 bridgehead atoms. The lowest BCUT2D eigenvalue weighted by molar-refractivity contribution is -0.203. The summed E-state index contributed by atoms with van der Waals surface area (Å²) in [7, 11) is 0. The van der Waals surface area contributed by atoms with Crippen LogP contribution in [0.25, 0.3) is 0 Å². The highest BCUT2D eigenvalue weighted by molar-refractivity contribution is 9.11. The van der Waals surface area contributed by atoms with Crippen molar-refractivity contribution in [2.24, 2.45) is 0 Å². The molecule has 0 aromatic heterocycles. The number of hydrogen-bond donors (Lipinski definition) is 2. The predicted octanol–water partition coefficient (Wildman–Crippen LogP) is 3.35. The second-order valence-corrected chi connectivity index (χ2v) is 5.87. The second kappa shape index (κ2) is 5.72. The van der Waals surface area contributed by atoms with Gasteiger partial charge in [-0.25, -0.2) is 4.79 Å². The number of carboxylic acid groups (broad SMARTS) is 1. The van der Waals surface area contributed by atoms with E-state index in [1.165, 1.54) is 17.4 Å². The van der Waals surface area contributed by atoms with Crippen molar-refractivity contribution in [2.45, 2.75) is 18.6 Å². The summed E-state index contributed by atoms with van der Waals surface area (Å²) in [5.41, 5.74) is -3.47. The summed E-state index contributed by atoms with van der Waals surface area (Å²) in [5, 5.41) is 10.2. The Morgan fingerprint density at radius 1 is 1.15 bits per heavy atom. The Morgan fingerprint density at radius 2 is 1.60 bits per heavy atom. The van der Waals surface area contributed by atoms with Gasteiger partial charge in [0.15, 0.2) is 0 Å². The zero-order valence-electron chi connectivity index (χ0n) is 9.89. The average Bonchev–Trinajstić information content (AvgIpc) is 2.25. The molecule has 0 spiro atoms. The second-order valence-electron chi connectivity index (χ2n) is 4.04. The van der Waals surface area contributed by atoms with Crippen LogP contribution < -0.4 is 5.32 Å².